The third kappa shape index (κ3) is 2.07. The fourth-order valence-corrected chi connectivity index (χ4v) is 2.01. The van der Waals surface area contributed by atoms with Gasteiger partial charge in [-0.15, -0.1) is 0 Å². The summed E-state index contributed by atoms with van der Waals surface area (Å²) < 4.78 is 0. The number of likely N-dealkylation sites (N-methyl/N-ethyl adjacent to an activating group) is 1. The molecule has 0 spiro atoms. The van der Waals surface area contributed by atoms with Gasteiger partial charge >= 0.3 is 0 Å². The van der Waals surface area contributed by atoms with Crippen molar-refractivity contribution in [3.8, 4) is 0 Å². The first kappa shape index (κ1) is 11.1. The molecule has 1 aliphatic rings. The number of aromatic nitrogens is 1. The van der Waals surface area contributed by atoms with Crippen LogP contribution in [0.4, 0.5) is 0 Å². The van der Waals surface area contributed by atoms with E-state index in [9.17, 15) is 4.79 Å². The summed E-state index contributed by atoms with van der Waals surface area (Å²) in [7, 11) is 1.86. The van der Waals surface area contributed by atoms with Gasteiger partial charge in [-0.25, -0.2) is 0 Å². The van der Waals surface area contributed by atoms with E-state index in [4.69, 9.17) is 0 Å². The molecule has 2 heterocycles. The molecule has 1 atom stereocenters. The van der Waals surface area contributed by atoms with Crippen LogP contribution in [0.25, 0.3) is 0 Å². The van der Waals surface area contributed by atoms with Crippen LogP contribution in [-0.4, -0.2) is 42.0 Å². The molecular weight excluding hydrogens is 202 g/mol. The third-order valence-electron chi connectivity index (χ3n) is 3.11. The molecule has 1 aromatic heterocycles. The predicted molar refractivity (Wildman–Crippen MR) is 62.3 cm³/mol. The highest BCUT2D eigenvalue weighted by molar-refractivity contribution is 5.93. The molecule has 1 N–H and O–H groups in total. The van der Waals surface area contributed by atoms with Crippen LogP contribution >= 0.6 is 0 Å². The van der Waals surface area contributed by atoms with Gasteiger partial charge in [-0.3, -0.25) is 9.78 Å². The average molecular weight is 219 g/mol. The number of aryl methyl sites for hydroxylation is 1. The molecule has 1 saturated heterocycles. The van der Waals surface area contributed by atoms with Crippen LogP contribution in [-0.2, 0) is 0 Å². The molecule has 1 unspecified atom stereocenters. The maximum Gasteiger partial charge on any atom is 0.272 e. The van der Waals surface area contributed by atoms with Crippen molar-refractivity contribution in [3.05, 3.63) is 29.6 Å². The van der Waals surface area contributed by atoms with E-state index in [0.717, 1.165) is 25.1 Å². The smallest absolute Gasteiger partial charge is 0.272 e. The lowest BCUT2D eigenvalue weighted by Gasteiger charge is -2.23. The molecule has 1 aliphatic heterocycles. The van der Waals surface area contributed by atoms with Crippen molar-refractivity contribution in [2.24, 2.45) is 0 Å². The summed E-state index contributed by atoms with van der Waals surface area (Å²) in [6, 6.07) is 4.07. The Morgan fingerprint density at radius 1 is 1.62 bits per heavy atom. The van der Waals surface area contributed by atoms with Gasteiger partial charge in [0.15, 0.2) is 0 Å². The van der Waals surface area contributed by atoms with Crippen LogP contribution in [0.1, 0.15) is 22.5 Å². The number of hydrogen-bond donors (Lipinski definition) is 1. The molecule has 0 aliphatic carbocycles. The highest BCUT2D eigenvalue weighted by Gasteiger charge is 2.25. The molecule has 1 amide bonds. The second-order valence-corrected chi connectivity index (χ2v) is 4.23. The van der Waals surface area contributed by atoms with Gasteiger partial charge in [-0.1, -0.05) is 6.07 Å². The highest BCUT2D eigenvalue weighted by Crippen LogP contribution is 2.12. The molecule has 0 aromatic carbocycles. The van der Waals surface area contributed by atoms with Gasteiger partial charge in [-0.2, -0.15) is 0 Å². The zero-order chi connectivity index (χ0) is 11.5. The second-order valence-electron chi connectivity index (χ2n) is 4.23. The lowest BCUT2D eigenvalue weighted by molar-refractivity contribution is 0.0737. The van der Waals surface area contributed by atoms with Crippen molar-refractivity contribution in [1.82, 2.24) is 15.2 Å². The van der Waals surface area contributed by atoms with E-state index in [1.54, 1.807) is 11.1 Å². The largest absolute Gasteiger partial charge is 0.336 e. The molecular formula is C12H17N3O. The Labute approximate surface area is 95.7 Å². The fourth-order valence-electron chi connectivity index (χ4n) is 2.01. The van der Waals surface area contributed by atoms with Crippen LogP contribution in [0.5, 0.6) is 0 Å². The summed E-state index contributed by atoms with van der Waals surface area (Å²) in [5, 5.41) is 3.26. The normalized spacial score (nSPS) is 19.8. The quantitative estimate of drug-likeness (QED) is 0.801. The zero-order valence-electron chi connectivity index (χ0n) is 9.73. The van der Waals surface area contributed by atoms with E-state index < -0.39 is 0 Å². The predicted octanol–water partition coefficient (Wildman–Crippen LogP) is 0.824. The van der Waals surface area contributed by atoms with Crippen molar-refractivity contribution < 1.29 is 4.79 Å². The topological polar surface area (TPSA) is 45.2 Å². The summed E-state index contributed by atoms with van der Waals surface area (Å²) in [6.07, 6.45) is 2.69. The monoisotopic (exact) mass is 219 g/mol. The van der Waals surface area contributed by atoms with Gasteiger partial charge in [-0.05, 0) is 31.5 Å². The molecule has 1 fully saturated rings. The highest BCUT2D eigenvalue weighted by atomic mass is 16.2. The molecule has 1 aromatic rings. The lowest BCUT2D eigenvalue weighted by atomic mass is 10.1. The summed E-state index contributed by atoms with van der Waals surface area (Å²) >= 11 is 0. The number of hydrogen-bond acceptors (Lipinski definition) is 3. The van der Waals surface area contributed by atoms with Gasteiger partial charge in [0.25, 0.3) is 5.91 Å². The third-order valence-corrected chi connectivity index (χ3v) is 3.11. The van der Waals surface area contributed by atoms with E-state index in [-0.39, 0.29) is 5.91 Å². The van der Waals surface area contributed by atoms with Gasteiger partial charge in [0.05, 0.1) is 0 Å². The van der Waals surface area contributed by atoms with Gasteiger partial charge in [0, 0.05) is 25.8 Å². The Bertz CT molecular complexity index is 386. The summed E-state index contributed by atoms with van der Waals surface area (Å²) in [6.45, 7) is 3.79. The molecule has 2 rings (SSSR count). The van der Waals surface area contributed by atoms with Gasteiger partial charge in [0.1, 0.15) is 5.69 Å². The molecule has 0 bridgehead atoms. The minimum Gasteiger partial charge on any atom is -0.336 e. The minimum absolute atomic E-state index is 0.0202. The number of nitrogens with zero attached hydrogens (tertiary/aromatic N) is 2. The molecule has 16 heavy (non-hydrogen) atoms. The van der Waals surface area contributed by atoms with E-state index in [1.165, 1.54) is 0 Å². The number of nitrogens with one attached hydrogen (secondary N) is 1. The summed E-state index contributed by atoms with van der Waals surface area (Å²) in [4.78, 5) is 18.1. The number of carbonyl (C=O) groups excluding carboxylic acids is 1. The fraction of sp³-hybridized carbons (Fsp3) is 0.500. The lowest BCUT2D eigenvalue weighted by Crippen LogP contribution is -2.39. The molecule has 0 saturated carbocycles. The SMILES string of the molecule is Cc1cccnc1C(=O)N(C)C1CCNC1. The first-order chi connectivity index (χ1) is 7.70. The van der Waals surface area contributed by atoms with E-state index in [1.807, 2.05) is 26.1 Å². The van der Waals surface area contributed by atoms with Crippen molar-refractivity contribution in [2.75, 3.05) is 20.1 Å². The summed E-state index contributed by atoms with van der Waals surface area (Å²) in [5.41, 5.74) is 1.50. The zero-order valence-corrected chi connectivity index (χ0v) is 9.73. The Morgan fingerprint density at radius 3 is 3.06 bits per heavy atom. The standard InChI is InChI=1S/C12H17N3O/c1-9-4-3-6-14-11(9)12(16)15(2)10-5-7-13-8-10/h3-4,6,10,13H,5,7-8H2,1-2H3. The number of pyridine rings is 1. The summed E-state index contributed by atoms with van der Waals surface area (Å²) in [5.74, 6) is 0.0202. The average Bonchev–Trinajstić information content (AvgIpc) is 2.81. The molecule has 86 valence electrons. The van der Waals surface area contributed by atoms with Crippen molar-refractivity contribution >= 4 is 5.91 Å². The minimum atomic E-state index is 0.0202. The Hall–Kier alpha value is -1.42. The Kier molecular flexibility index (Phi) is 3.19. The van der Waals surface area contributed by atoms with Crippen LogP contribution < -0.4 is 5.32 Å². The van der Waals surface area contributed by atoms with Crippen molar-refractivity contribution in [3.63, 3.8) is 0 Å². The van der Waals surface area contributed by atoms with Gasteiger partial charge in [0.2, 0.25) is 0 Å². The number of amides is 1. The van der Waals surface area contributed by atoms with Crippen LogP contribution in [0.3, 0.4) is 0 Å². The Morgan fingerprint density at radius 2 is 2.44 bits per heavy atom. The maximum atomic E-state index is 12.2. The molecule has 0 radical (unpaired) electrons. The van der Waals surface area contributed by atoms with Crippen LogP contribution in [0.2, 0.25) is 0 Å². The van der Waals surface area contributed by atoms with E-state index in [0.29, 0.717) is 11.7 Å². The van der Waals surface area contributed by atoms with Gasteiger partial charge < -0.3 is 10.2 Å². The number of carbonyl (C=O) groups is 1. The van der Waals surface area contributed by atoms with Crippen molar-refractivity contribution in [2.45, 2.75) is 19.4 Å². The first-order valence-corrected chi connectivity index (χ1v) is 5.59. The molecule has 4 heteroatoms. The second kappa shape index (κ2) is 4.61. The first-order valence-electron chi connectivity index (χ1n) is 5.59. The van der Waals surface area contributed by atoms with Crippen LogP contribution in [0, 0.1) is 6.92 Å². The number of rotatable bonds is 2. The van der Waals surface area contributed by atoms with E-state index >= 15 is 0 Å². The molecule has 4 nitrogen and oxygen atoms in total. The van der Waals surface area contributed by atoms with E-state index in [2.05, 4.69) is 10.3 Å². The van der Waals surface area contributed by atoms with Crippen molar-refractivity contribution in [1.29, 1.82) is 0 Å². The Balaban J connectivity index is 2.15. The van der Waals surface area contributed by atoms with Crippen LogP contribution in [0.15, 0.2) is 18.3 Å². The maximum absolute atomic E-state index is 12.2.